The number of likely N-dealkylation sites (tertiary alicyclic amines) is 2. The van der Waals surface area contributed by atoms with Crippen LogP contribution >= 0.6 is 12.2 Å². The number of hydrogen-bond donors (Lipinski definition) is 0. The van der Waals surface area contributed by atoms with Gasteiger partial charge in [-0.1, -0.05) is 24.4 Å². The first-order valence-electron chi connectivity index (χ1n) is 13.6. The van der Waals surface area contributed by atoms with Gasteiger partial charge in [-0.15, -0.1) is 0 Å². The zero-order valence-electron chi connectivity index (χ0n) is 22.6. The molecule has 0 unspecified atom stereocenters. The number of alkyl halides is 6. The Kier molecular flexibility index (Phi) is 10.3. The molecular weight excluding hydrogens is 588 g/mol. The number of benzene rings is 2. The quantitative estimate of drug-likeness (QED) is 0.131. The number of piperidine rings is 2. The molecule has 0 radical (unpaired) electrons. The van der Waals surface area contributed by atoms with Crippen LogP contribution in [-0.2, 0) is 23.7 Å². The molecule has 0 saturated carbocycles. The number of halogens is 6. The number of nitrogens with zero attached hydrogens (tertiary/aromatic N) is 3. The van der Waals surface area contributed by atoms with E-state index in [1.165, 1.54) is 18.2 Å². The molecule has 0 bridgehead atoms. The van der Waals surface area contributed by atoms with E-state index in [1.807, 2.05) is 0 Å². The van der Waals surface area contributed by atoms with E-state index in [1.54, 1.807) is 0 Å². The zero-order valence-corrected chi connectivity index (χ0v) is 23.4. The van der Waals surface area contributed by atoms with Crippen LogP contribution in [0.25, 0.3) is 0 Å². The molecule has 2 aromatic rings. The largest absolute Gasteiger partial charge is 0.490 e. The number of hydrogen-bond acceptors (Lipinski definition) is 6. The van der Waals surface area contributed by atoms with Crippen molar-refractivity contribution >= 4 is 22.9 Å². The molecule has 2 aromatic carbocycles. The molecule has 2 aliphatic heterocycles. The van der Waals surface area contributed by atoms with E-state index < -0.39 is 34.1 Å². The Morgan fingerprint density at radius 1 is 0.905 bits per heavy atom. The van der Waals surface area contributed by atoms with Crippen LogP contribution in [0.4, 0.5) is 32.0 Å². The second-order valence-electron chi connectivity index (χ2n) is 10.4. The van der Waals surface area contributed by atoms with Crippen molar-refractivity contribution < 1.29 is 40.7 Å². The van der Waals surface area contributed by atoms with Crippen LogP contribution in [-0.4, -0.2) is 64.6 Å². The van der Waals surface area contributed by atoms with Crippen molar-refractivity contribution in [1.82, 2.24) is 9.80 Å². The summed E-state index contributed by atoms with van der Waals surface area (Å²) in [6, 6.07) is 7.68. The van der Waals surface area contributed by atoms with E-state index >= 15 is 0 Å². The summed E-state index contributed by atoms with van der Waals surface area (Å²) in [7, 11) is 0. The van der Waals surface area contributed by atoms with Crippen LogP contribution in [0.2, 0.25) is 0 Å². The Morgan fingerprint density at radius 3 is 2.10 bits per heavy atom. The number of rotatable bonds is 9. The van der Waals surface area contributed by atoms with Crippen molar-refractivity contribution in [3.63, 3.8) is 0 Å². The molecule has 14 heteroatoms. The maximum atomic E-state index is 13.3. The highest BCUT2D eigenvalue weighted by Crippen LogP contribution is 2.38. The van der Waals surface area contributed by atoms with Crippen molar-refractivity contribution in [2.45, 2.75) is 63.3 Å². The summed E-state index contributed by atoms with van der Waals surface area (Å²) in [6.45, 7) is 3.89. The molecule has 2 aliphatic rings. The van der Waals surface area contributed by atoms with Crippen molar-refractivity contribution in [2.75, 3.05) is 32.7 Å². The third-order valence-electron chi connectivity index (χ3n) is 7.51. The Hall–Kier alpha value is -2.97. The van der Waals surface area contributed by atoms with E-state index in [4.69, 9.17) is 21.7 Å². The molecule has 0 amide bonds. The van der Waals surface area contributed by atoms with Crippen LogP contribution in [0.1, 0.15) is 48.8 Å². The Balaban J connectivity index is 1.14. The molecule has 0 aromatic heterocycles. The molecule has 42 heavy (non-hydrogen) atoms. The van der Waals surface area contributed by atoms with E-state index in [2.05, 4.69) is 9.80 Å². The minimum Gasteiger partial charge on any atom is -0.490 e. The van der Waals surface area contributed by atoms with Gasteiger partial charge in [0.15, 0.2) is 0 Å². The second-order valence-corrected chi connectivity index (χ2v) is 10.9. The summed E-state index contributed by atoms with van der Waals surface area (Å²) in [5, 5.41) is 11.0. The maximum absolute atomic E-state index is 13.3. The van der Waals surface area contributed by atoms with Crippen molar-refractivity contribution in [1.29, 1.82) is 0 Å². The van der Waals surface area contributed by atoms with Crippen LogP contribution in [0.15, 0.2) is 42.5 Å². The van der Waals surface area contributed by atoms with Gasteiger partial charge in [0.2, 0.25) is 0 Å². The van der Waals surface area contributed by atoms with Crippen LogP contribution in [0, 0.1) is 10.1 Å². The van der Waals surface area contributed by atoms with Crippen molar-refractivity contribution in [3.8, 4) is 5.75 Å². The highest BCUT2D eigenvalue weighted by Gasteiger charge is 2.39. The minimum atomic E-state index is -4.87. The van der Waals surface area contributed by atoms with Crippen molar-refractivity contribution in [2.24, 2.45) is 0 Å². The summed E-state index contributed by atoms with van der Waals surface area (Å²) in [6.07, 6.45) is -6.08. The molecule has 4 rings (SSSR count). The van der Waals surface area contributed by atoms with Gasteiger partial charge in [-0.05, 0) is 42.7 Å². The topological polar surface area (TPSA) is 68.1 Å². The monoisotopic (exact) mass is 619 g/mol. The smallest absolute Gasteiger partial charge is 0.423 e. The minimum absolute atomic E-state index is 0.0393. The molecule has 0 N–H and O–H groups in total. The average Bonchev–Trinajstić information content (AvgIpc) is 2.95. The zero-order chi connectivity index (χ0) is 30.5. The van der Waals surface area contributed by atoms with Gasteiger partial charge in [-0.2, -0.15) is 26.3 Å². The van der Waals surface area contributed by atoms with Crippen LogP contribution in [0.3, 0.4) is 0 Å². The SMILES string of the molecule is O=[N+]([O-])c1ccc(OC2CCN(C(=S)CCN3CCC(OCc4ccc(C(F)(F)F)cc4)CC3)CC2)cc1C(F)(F)F. The first-order valence-corrected chi connectivity index (χ1v) is 14.0. The fourth-order valence-corrected chi connectivity index (χ4v) is 5.38. The van der Waals surface area contributed by atoms with Crippen molar-refractivity contribution in [3.05, 3.63) is 69.3 Å². The Morgan fingerprint density at radius 2 is 1.52 bits per heavy atom. The van der Waals surface area contributed by atoms with Gasteiger partial charge in [0.05, 0.1) is 28.2 Å². The highest BCUT2D eigenvalue weighted by atomic mass is 32.1. The predicted octanol–water partition coefficient (Wildman–Crippen LogP) is 6.87. The molecular formula is C28H31F6N3O4S. The van der Waals surface area contributed by atoms with Gasteiger partial charge in [0.25, 0.3) is 5.69 Å². The summed E-state index contributed by atoms with van der Waals surface area (Å²) in [5.74, 6) is -0.0549. The number of ether oxygens (including phenoxy) is 2. The predicted molar refractivity (Wildman–Crippen MR) is 146 cm³/mol. The molecule has 2 saturated heterocycles. The maximum Gasteiger partial charge on any atom is 0.423 e. The van der Waals surface area contributed by atoms with Gasteiger partial charge in [0, 0.05) is 58.1 Å². The summed E-state index contributed by atoms with van der Waals surface area (Å²) < 4.78 is 89.5. The van der Waals surface area contributed by atoms with E-state index in [9.17, 15) is 36.5 Å². The van der Waals surface area contributed by atoms with Gasteiger partial charge >= 0.3 is 12.4 Å². The fourth-order valence-electron chi connectivity index (χ4n) is 5.11. The fraction of sp³-hybridized carbons (Fsp3) is 0.536. The van der Waals surface area contributed by atoms with E-state index in [0.29, 0.717) is 44.0 Å². The molecule has 2 heterocycles. The first-order chi connectivity index (χ1) is 19.8. The van der Waals surface area contributed by atoms with E-state index in [0.717, 1.165) is 55.7 Å². The summed E-state index contributed by atoms with van der Waals surface area (Å²) >= 11 is 5.63. The first kappa shape index (κ1) is 32.0. The molecule has 0 aliphatic carbocycles. The van der Waals surface area contributed by atoms with Gasteiger partial charge < -0.3 is 19.3 Å². The number of thiocarbonyl (C=S) groups is 1. The third kappa shape index (κ3) is 8.77. The second kappa shape index (κ2) is 13.6. The average molecular weight is 620 g/mol. The lowest BCUT2D eigenvalue weighted by Gasteiger charge is -2.35. The van der Waals surface area contributed by atoms with Gasteiger partial charge in [-0.25, -0.2) is 0 Å². The normalized spacial score (nSPS) is 17.8. The summed E-state index contributed by atoms with van der Waals surface area (Å²) in [4.78, 5) is 15.1. The number of nitro groups is 1. The lowest BCUT2D eigenvalue weighted by Crippen LogP contribution is -2.43. The van der Waals surface area contributed by atoms with Crippen LogP contribution in [0.5, 0.6) is 5.75 Å². The Labute approximate surface area is 244 Å². The van der Waals surface area contributed by atoms with Crippen LogP contribution < -0.4 is 4.74 Å². The number of nitro benzene ring substituents is 1. The molecule has 0 spiro atoms. The summed E-state index contributed by atoms with van der Waals surface area (Å²) in [5.41, 5.74) is -2.33. The third-order valence-corrected chi connectivity index (χ3v) is 7.97. The lowest BCUT2D eigenvalue weighted by atomic mass is 10.1. The molecule has 7 nitrogen and oxygen atoms in total. The molecule has 230 valence electrons. The molecule has 0 atom stereocenters. The standard InChI is InChI=1S/C28H31F6N3O4S/c29-27(30,31)20-3-1-19(2-4-20)18-40-21-7-12-35(13-8-21)14-11-26(42)36-15-9-22(10-16-36)41-23-5-6-25(37(38)39)24(17-23)28(32,33)34/h1-6,17,21-22H,7-16,18H2. The lowest BCUT2D eigenvalue weighted by molar-refractivity contribution is -0.388. The molecule has 2 fully saturated rings. The Bertz CT molecular complexity index is 1230. The highest BCUT2D eigenvalue weighted by molar-refractivity contribution is 7.80. The van der Waals surface area contributed by atoms with E-state index in [-0.39, 0.29) is 24.6 Å². The van der Waals surface area contributed by atoms with Gasteiger partial charge in [-0.3, -0.25) is 10.1 Å². The van der Waals surface area contributed by atoms with Gasteiger partial charge in [0.1, 0.15) is 17.4 Å².